The fourth-order valence-corrected chi connectivity index (χ4v) is 1.88. The van der Waals surface area contributed by atoms with Gasteiger partial charge in [-0.2, -0.15) is 5.26 Å². The van der Waals surface area contributed by atoms with E-state index in [9.17, 15) is 14.9 Å². The zero-order chi connectivity index (χ0) is 16.1. The topological polar surface area (TPSA) is 122 Å². The fraction of sp³-hybridized carbons (Fsp3) is 0.0667. The number of hydrogen-bond acceptors (Lipinski definition) is 5. The third-order valence-corrected chi connectivity index (χ3v) is 3.00. The molecule has 0 spiro atoms. The van der Waals surface area contributed by atoms with Crippen molar-refractivity contribution in [1.29, 1.82) is 5.26 Å². The van der Waals surface area contributed by atoms with Crippen LogP contribution in [-0.4, -0.2) is 10.8 Å². The van der Waals surface area contributed by atoms with Gasteiger partial charge in [-0.1, -0.05) is 12.1 Å². The van der Waals surface area contributed by atoms with Crippen LogP contribution in [0.3, 0.4) is 0 Å². The minimum Gasteiger partial charge on any atom is -0.393 e. The zero-order valence-corrected chi connectivity index (χ0v) is 11.4. The third kappa shape index (κ3) is 3.37. The van der Waals surface area contributed by atoms with E-state index in [0.717, 1.165) is 11.6 Å². The van der Waals surface area contributed by atoms with E-state index in [0.29, 0.717) is 5.56 Å². The molecule has 0 bridgehead atoms. The van der Waals surface area contributed by atoms with Gasteiger partial charge in [0.1, 0.15) is 5.69 Å². The third-order valence-electron chi connectivity index (χ3n) is 3.00. The second-order valence-corrected chi connectivity index (χ2v) is 4.53. The number of nitro benzene ring substituents is 1. The van der Waals surface area contributed by atoms with E-state index >= 15 is 0 Å². The van der Waals surface area contributed by atoms with E-state index in [4.69, 9.17) is 11.0 Å². The molecule has 7 heteroatoms. The summed E-state index contributed by atoms with van der Waals surface area (Å²) in [6, 6.07) is 12.7. The molecule has 0 radical (unpaired) electrons. The van der Waals surface area contributed by atoms with E-state index in [2.05, 4.69) is 5.32 Å². The summed E-state index contributed by atoms with van der Waals surface area (Å²) in [5.41, 5.74) is 6.59. The van der Waals surface area contributed by atoms with Gasteiger partial charge in [0.2, 0.25) is 0 Å². The van der Waals surface area contributed by atoms with Gasteiger partial charge < -0.3 is 11.1 Å². The molecule has 7 nitrogen and oxygen atoms in total. The van der Waals surface area contributed by atoms with Gasteiger partial charge in [0, 0.05) is 18.2 Å². The Morgan fingerprint density at radius 3 is 2.77 bits per heavy atom. The second kappa shape index (κ2) is 6.37. The Morgan fingerprint density at radius 1 is 1.32 bits per heavy atom. The van der Waals surface area contributed by atoms with E-state index in [1.807, 2.05) is 6.07 Å². The van der Waals surface area contributed by atoms with E-state index in [1.165, 1.54) is 12.1 Å². The molecule has 110 valence electrons. The number of amides is 1. The molecular weight excluding hydrogens is 284 g/mol. The highest BCUT2D eigenvalue weighted by Crippen LogP contribution is 2.22. The van der Waals surface area contributed by atoms with Crippen molar-refractivity contribution >= 4 is 17.3 Å². The Labute approximate surface area is 126 Å². The maximum atomic E-state index is 12.0. The van der Waals surface area contributed by atoms with Crippen molar-refractivity contribution in [3.05, 3.63) is 69.3 Å². The van der Waals surface area contributed by atoms with Gasteiger partial charge in [-0.3, -0.25) is 14.9 Å². The first-order chi connectivity index (χ1) is 10.5. The van der Waals surface area contributed by atoms with Crippen molar-refractivity contribution in [2.24, 2.45) is 0 Å². The Morgan fingerprint density at radius 2 is 2.09 bits per heavy atom. The van der Waals surface area contributed by atoms with Gasteiger partial charge in [0.05, 0.1) is 16.6 Å². The number of anilines is 1. The number of rotatable bonds is 4. The van der Waals surface area contributed by atoms with E-state index in [1.54, 1.807) is 24.3 Å². The first-order valence-electron chi connectivity index (χ1n) is 6.32. The highest BCUT2D eigenvalue weighted by molar-refractivity contribution is 5.95. The van der Waals surface area contributed by atoms with E-state index < -0.39 is 10.8 Å². The minimum absolute atomic E-state index is 0.00303. The summed E-state index contributed by atoms with van der Waals surface area (Å²) in [7, 11) is 0. The largest absolute Gasteiger partial charge is 0.393 e. The van der Waals surface area contributed by atoms with Crippen molar-refractivity contribution in [2.75, 3.05) is 5.73 Å². The van der Waals surface area contributed by atoms with Gasteiger partial charge in [0.15, 0.2) is 0 Å². The summed E-state index contributed by atoms with van der Waals surface area (Å²) >= 11 is 0. The summed E-state index contributed by atoms with van der Waals surface area (Å²) in [5, 5.41) is 22.3. The van der Waals surface area contributed by atoms with Crippen LogP contribution in [0.5, 0.6) is 0 Å². The van der Waals surface area contributed by atoms with Crippen LogP contribution in [0, 0.1) is 21.4 Å². The lowest BCUT2D eigenvalue weighted by Gasteiger charge is -2.06. The average Bonchev–Trinajstić information content (AvgIpc) is 2.53. The van der Waals surface area contributed by atoms with Crippen LogP contribution in [0.1, 0.15) is 21.5 Å². The molecule has 3 N–H and O–H groups in total. The predicted molar refractivity (Wildman–Crippen MR) is 79.8 cm³/mol. The Kier molecular flexibility index (Phi) is 4.34. The first kappa shape index (κ1) is 15.0. The number of nitrogen functional groups attached to an aromatic ring is 1. The molecule has 0 fully saturated rings. The lowest BCUT2D eigenvalue weighted by atomic mass is 10.1. The molecular formula is C15H12N4O3. The zero-order valence-electron chi connectivity index (χ0n) is 11.4. The number of nitrogens with zero attached hydrogens (tertiary/aromatic N) is 2. The summed E-state index contributed by atoms with van der Waals surface area (Å²) in [6.07, 6.45) is 0. The van der Waals surface area contributed by atoms with Crippen LogP contribution < -0.4 is 11.1 Å². The number of nitrogens with one attached hydrogen (secondary N) is 1. The molecule has 0 aliphatic carbocycles. The van der Waals surface area contributed by atoms with Crippen molar-refractivity contribution in [1.82, 2.24) is 5.32 Å². The molecule has 0 aliphatic heterocycles. The van der Waals surface area contributed by atoms with Gasteiger partial charge in [-0.25, -0.2) is 0 Å². The van der Waals surface area contributed by atoms with Crippen molar-refractivity contribution in [2.45, 2.75) is 6.54 Å². The molecule has 2 rings (SSSR count). The Hall–Kier alpha value is -3.40. The molecule has 0 saturated carbocycles. The Bertz CT molecular complexity index is 781. The van der Waals surface area contributed by atoms with Crippen molar-refractivity contribution < 1.29 is 9.72 Å². The molecule has 0 aliphatic rings. The number of nitrogens with two attached hydrogens (primary N) is 1. The molecule has 0 heterocycles. The number of hydrogen-bond donors (Lipinski definition) is 2. The maximum Gasteiger partial charge on any atom is 0.292 e. The SMILES string of the molecule is N#Cc1cccc(CNC(=O)c2ccc(N)c([N+](=O)[O-])c2)c1. The van der Waals surface area contributed by atoms with Crippen molar-refractivity contribution in [3.63, 3.8) is 0 Å². The second-order valence-electron chi connectivity index (χ2n) is 4.53. The van der Waals surface area contributed by atoms with Gasteiger partial charge >= 0.3 is 0 Å². The molecule has 22 heavy (non-hydrogen) atoms. The lowest BCUT2D eigenvalue weighted by Crippen LogP contribution is -2.23. The minimum atomic E-state index is -0.636. The maximum absolute atomic E-state index is 12.0. The lowest BCUT2D eigenvalue weighted by molar-refractivity contribution is -0.383. The standard InChI is InChI=1S/C15H12N4O3/c16-8-10-2-1-3-11(6-10)9-18-15(20)12-4-5-13(17)14(7-12)19(21)22/h1-7H,9,17H2,(H,18,20). The van der Waals surface area contributed by atoms with Gasteiger partial charge in [-0.15, -0.1) is 0 Å². The molecule has 2 aromatic rings. The number of benzene rings is 2. The molecule has 0 aromatic heterocycles. The number of nitro groups is 1. The van der Waals surface area contributed by atoms with Crippen LogP contribution in [-0.2, 0) is 6.54 Å². The summed E-state index contributed by atoms with van der Waals surface area (Å²) < 4.78 is 0. The summed E-state index contributed by atoms with van der Waals surface area (Å²) in [5.74, 6) is -0.453. The molecule has 0 saturated heterocycles. The normalized spacial score (nSPS) is 9.77. The molecule has 1 amide bonds. The highest BCUT2D eigenvalue weighted by atomic mass is 16.6. The molecule has 0 unspecified atom stereocenters. The van der Waals surface area contributed by atoms with Gasteiger partial charge in [-0.05, 0) is 29.8 Å². The number of carbonyl (C=O) groups excluding carboxylic acids is 1. The number of carbonyl (C=O) groups is 1. The van der Waals surface area contributed by atoms with Crippen LogP contribution >= 0.6 is 0 Å². The van der Waals surface area contributed by atoms with E-state index in [-0.39, 0.29) is 23.5 Å². The monoisotopic (exact) mass is 296 g/mol. The summed E-state index contributed by atoms with van der Waals surface area (Å²) in [6.45, 7) is 0.215. The van der Waals surface area contributed by atoms with Crippen LogP contribution in [0.4, 0.5) is 11.4 Å². The quantitative estimate of drug-likeness (QED) is 0.507. The van der Waals surface area contributed by atoms with Crippen LogP contribution in [0.25, 0.3) is 0 Å². The highest BCUT2D eigenvalue weighted by Gasteiger charge is 2.15. The Balaban J connectivity index is 2.11. The summed E-state index contributed by atoms with van der Waals surface area (Å²) in [4.78, 5) is 22.2. The van der Waals surface area contributed by atoms with Crippen molar-refractivity contribution in [3.8, 4) is 6.07 Å². The smallest absolute Gasteiger partial charge is 0.292 e. The molecule has 2 aromatic carbocycles. The number of nitriles is 1. The van der Waals surface area contributed by atoms with Crippen LogP contribution in [0.15, 0.2) is 42.5 Å². The average molecular weight is 296 g/mol. The van der Waals surface area contributed by atoms with Gasteiger partial charge in [0.25, 0.3) is 11.6 Å². The van der Waals surface area contributed by atoms with Crippen LogP contribution in [0.2, 0.25) is 0 Å². The predicted octanol–water partition coefficient (Wildman–Crippen LogP) is 1.98. The first-order valence-corrected chi connectivity index (χ1v) is 6.32. The fourth-order valence-electron chi connectivity index (χ4n) is 1.88. The molecule has 0 atom stereocenters.